The molecule has 3 aliphatic rings. The molecule has 0 saturated carbocycles. The SMILES string of the molecule is Cn1cc(-c2ccc3c(c2)CCN3C(=O)Cc2cccc(C(F)(F)F)c2)c2c(N)ncnc21.Cn1cc(-c2ccc3c(c2)CCN3C(=O)Cc2cccc(C(F)(F)F)c2)c2c(N)ncnc21.Cn1cc(-c2ccc3c(c2)CCN3C(=O)Cc2cccc(C(F)(F)F)c2)c2c(N)ncnc21. The van der Waals surface area contributed by atoms with Crippen molar-refractivity contribution in [1.29, 1.82) is 0 Å². The average Bonchev–Trinajstić information content (AvgIpc) is 1.62. The first-order chi connectivity index (χ1) is 47.2. The number of alkyl halides is 9. The second kappa shape index (κ2) is 25.7. The summed E-state index contributed by atoms with van der Waals surface area (Å²) in [6.45, 7) is 1.45. The molecule has 6 aromatic heterocycles. The second-order valence-electron chi connectivity index (χ2n) is 24.4. The van der Waals surface area contributed by atoms with Crippen molar-refractivity contribution in [3.05, 3.63) is 215 Å². The summed E-state index contributed by atoms with van der Waals surface area (Å²) >= 11 is 0. The Bertz CT molecular complexity index is 4690. The lowest BCUT2D eigenvalue weighted by Gasteiger charge is -2.18. The van der Waals surface area contributed by atoms with Gasteiger partial charge in [0, 0.05) is 93.1 Å². The van der Waals surface area contributed by atoms with E-state index in [4.69, 9.17) is 17.2 Å². The van der Waals surface area contributed by atoms with Gasteiger partial charge >= 0.3 is 18.5 Å². The molecule has 0 bridgehead atoms. The van der Waals surface area contributed by atoms with Crippen molar-refractivity contribution in [2.75, 3.05) is 51.5 Å². The van der Waals surface area contributed by atoms with Gasteiger partial charge in [-0.15, -0.1) is 0 Å². The highest BCUT2D eigenvalue weighted by atomic mass is 19.4. The summed E-state index contributed by atoms with van der Waals surface area (Å²) in [6, 6.07) is 32.2. The van der Waals surface area contributed by atoms with E-state index in [1.165, 1.54) is 37.2 Å². The zero-order valence-corrected chi connectivity index (χ0v) is 53.2. The van der Waals surface area contributed by atoms with Gasteiger partial charge in [0.15, 0.2) is 0 Å². The minimum atomic E-state index is -4.44. The quantitative estimate of drug-likeness (QED) is 0.115. The molecule has 0 spiro atoms. The van der Waals surface area contributed by atoms with E-state index >= 15 is 0 Å². The summed E-state index contributed by atoms with van der Waals surface area (Å²) in [6.07, 6.45) is -1.49. The lowest BCUT2D eigenvalue weighted by Crippen LogP contribution is -2.30. The summed E-state index contributed by atoms with van der Waals surface area (Å²) in [4.78, 5) is 68.9. The van der Waals surface area contributed by atoms with Crippen molar-refractivity contribution < 1.29 is 53.9 Å². The fourth-order valence-corrected chi connectivity index (χ4v) is 13.2. The number of rotatable bonds is 9. The Morgan fingerprint density at radius 1 is 0.384 bits per heavy atom. The number of aromatic nitrogens is 9. The normalized spacial score (nSPS) is 13.5. The predicted molar refractivity (Wildman–Crippen MR) is 359 cm³/mol. The highest BCUT2D eigenvalue weighted by molar-refractivity contribution is 6.05. The fraction of sp³-hybridized carbons (Fsp3) is 0.208. The standard InChI is InChI=1S/3C24H20F3N5O/c3*1-31-12-18(21-22(28)29-13-30-23(21)31)15-5-6-19-16(11-15)7-8-32(19)20(33)10-14-3-2-4-17(9-14)24(25,26)27/h3*2-6,9,11-13H,7-8,10H2,1H3,(H2,28,29,30). The van der Waals surface area contributed by atoms with E-state index in [0.29, 0.717) is 73.0 Å². The third kappa shape index (κ3) is 13.1. The molecule has 0 unspecified atom stereocenters. The number of anilines is 6. The molecule has 99 heavy (non-hydrogen) atoms. The number of carbonyl (C=O) groups is 3. The Morgan fingerprint density at radius 3 is 0.919 bits per heavy atom. The first-order valence-electron chi connectivity index (χ1n) is 31.1. The summed E-state index contributed by atoms with van der Waals surface area (Å²) in [7, 11) is 5.67. The van der Waals surface area contributed by atoms with Gasteiger partial charge in [-0.25, -0.2) is 29.9 Å². The average molecular weight is 1350 g/mol. The van der Waals surface area contributed by atoms with E-state index < -0.39 is 35.2 Å². The van der Waals surface area contributed by atoms with Crippen LogP contribution in [0.5, 0.6) is 0 Å². The lowest BCUT2D eigenvalue weighted by molar-refractivity contribution is -0.138. The first-order valence-corrected chi connectivity index (χ1v) is 31.1. The van der Waals surface area contributed by atoms with Crippen LogP contribution in [0.4, 0.5) is 74.0 Å². The minimum Gasteiger partial charge on any atom is -0.383 e. The molecular weight excluding hydrogens is 1290 g/mol. The summed E-state index contributed by atoms with van der Waals surface area (Å²) in [5.74, 6) is 0.493. The number of amides is 3. The lowest BCUT2D eigenvalue weighted by atomic mass is 10.0. The molecule has 6 N–H and O–H groups in total. The van der Waals surface area contributed by atoms with Crippen LogP contribution >= 0.6 is 0 Å². The van der Waals surface area contributed by atoms with Gasteiger partial charge in [0.2, 0.25) is 17.7 Å². The number of nitrogens with zero attached hydrogens (tertiary/aromatic N) is 12. The topological polar surface area (TPSA) is 231 Å². The van der Waals surface area contributed by atoms with Gasteiger partial charge < -0.3 is 45.6 Å². The molecule has 3 aliphatic heterocycles. The van der Waals surface area contributed by atoms with Gasteiger partial charge in [0.25, 0.3) is 0 Å². The van der Waals surface area contributed by atoms with Crippen LogP contribution in [-0.4, -0.2) is 81.0 Å². The van der Waals surface area contributed by atoms with Crippen LogP contribution in [0, 0.1) is 0 Å². The van der Waals surface area contributed by atoms with Gasteiger partial charge in [-0.05, 0) is 124 Å². The number of nitrogen functional groups attached to an aromatic ring is 3. The second-order valence-corrected chi connectivity index (χ2v) is 24.4. The van der Waals surface area contributed by atoms with Gasteiger partial charge in [0.1, 0.15) is 53.4 Å². The van der Waals surface area contributed by atoms with Crippen LogP contribution in [0.15, 0.2) is 165 Å². The Labute approximate surface area is 558 Å². The van der Waals surface area contributed by atoms with Crippen LogP contribution in [0.1, 0.15) is 50.1 Å². The number of carbonyl (C=O) groups excluding carboxylic acids is 3. The molecule has 0 saturated heterocycles. The van der Waals surface area contributed by atoms with Crippen LogP contribution in [0.2, 0.25) is 0 Å². The molecular formula is C72H60F9N15O3. The maximum absolute atomic E-state index is 13.0. The molecule has 18 nitrogen and oxygen atoms in total. The Hall–Kier alpha value is -11.6. The van der Waals surface area contributed by atoms with Crippen molar-refractivity contribution in [1.82, 2.24) is 43.6 Å². The molecule has 0 atom stereocenters. The molecule has 0 aliphatic carbocycles. The maximum atomic E-state index is 13.0. The summed E-state index contributed by atoms with van der Waals surface area (Å²) in [5, 5.41) is 2.32. The van der Waals surface area contributed by atoms with E-state index in [1.807, 2.05) is 108 Å². The highest BCUT2D eigenvalue weighted by Crippen LogP contribution is 2.42. The molecule has 15 rings (SSSR count). The minimum absolute atomic E-state index is 0.0949. The zero-order valence-electron chi connectivity index (χ0n) is 53.2. The zero-order chi connectivity index (χ0) is 70.0. The molecule has 27 heteroatoms. The van der Waals surface area contributed by atoms with E-state index in [-0.39, 0.29) is 37.0 Å². The molecule has 6 aromatic carbocycles. The maximum Gasteiger partial charge on any atom is 0.416 e. The Kier molecular flexibility index (Phi) is 17.2. The van der Waals surface area contributed by atoms with E-state index in [9.17, 15) is 53.9 Å². The van der Waals surface area contributed by atoms with Gasteiger partial charge in [-0.2, -0.15) is 39.5 Å². The van der Waals surface area contributed by atoms with Crippen LogP contribution in [0.25, 0.3) is 66.5 Å². The number of hydrogen-bond donors (Lipinski definition) is 3. The third-order valence-corrected chi connectivity index (χ3v) is 17.9. The van der Waals surface area contributed by atoms with Crippen LogP contribution < -0.4 is 31.9 Å². The molecule has 12 aromatic rings. The monoisotopic (exact) mass is 1350 g/mol. The molecule has 3 amide bonds. The number of nitrogens with two attached hydrogens (primary N) is 3. The van der Waals surface area contributed by atoms with Crippen molar-refractivity contribution in [2.24, 2.45) is 21.1 Å². The van der Waals surface area contributed by atoms with E-state index in [1.54, 1.807) is 32.9 Å². The van der Waals surface area contributed by atoms with Crippen LogP contribution in [0.3, 0.4) is 0 Å². The Balaban J connectivity index is 0.000000133. The molecule has 504 valence electrons. The number of hydrogen-bond acceptors (Lipinski definition) is 12. The largest absolute Gasteiger partial charge is 0.416 e. The van der Waals surface area contributed by atoms with Crippen LogP contribution in [-0.2, 0) is 92.6 Å². The van der Waals surface area contributed by atoms with Crippen molar-refractivity contribution in [3.63, 3.8) is 0 Å². The molecule has 0 radical (unpaired) electrons. The molecule has 9 heterocycles. The Morgan fingerprint density at radius 2 is 0.657 bits per heavy atom. The predicted octanol–water partition coefficient (Wildman–Crippen LogP) is 13.1. The van der Waals surface area contributed by atoms with Gasteiger partial charge in [-0.1, -0.05) is 72.8 Å². The van der Waals surface area contributed by atoms with Crippen molar-refractivity contribution in [3.8, 4) is 33.4 Å². The first kappa shape index (κ1) is 66.0. The summed E-state index contributed by atoms with van der Waals surface area (Å²) in [5.41, 5.74) is 30.1. The van der Waals surface area contributed by atoms with Crippen molar-refractivity contribution >= 4 is 85.3 Å². The number of benzene rings is 6. The fourth-order valence-electron chi connectivity index (χ4n) is 13.2. The van der Waals surface area contributed by atoms with Gasteiger partial charge in [-0.3, -0.25) is 14.4 Å². The number of halogens is 9. The number of fused-ring (bicyclic) bond motifs is 6. The van der Waals surface area contributed by atoms with E-state index in [2.05, 4.69) is 29.9 Å². The van der Waals surface area contributed by atoms with E-state index in [0.717, 1.165) is 137 Å². The number of aryl methyl sites for hydroxylation is 3. The van der Waals surface area contributed by atoms with Gasteiger partial charge in [0.05, 0.1) is 52.1 Å². The highest BCUT2D eigenvalue weighted by Gasteiger charge is 2.35. The van der Waals surface area contributed by atoms with Crippen molar-refractivity contribution in [2.45, 2.75) is 57.1 Å². The third-order valence-electron chi connectivity index (χ3n) is 17.9. The smallest absolute Gasteiger partial charge is 0.383 e. The molecule has 0 fully saturated rings. The summed E-state index contributed by atoms with van der Waals surface area (Å²) < 4.78 is 123.